The maximum absolute atomic E-state index is 5.68. The van der Waals surface area contributed by atoms with E-state index in [1.165, 1.54) is 0 Å². The lowest BCUT2D eigenvalue weighted by Crippen LogP contribution is -1.98. The van der Waals surface area contributed by atoms with Crippen LogP contribution in [-0.2, 0) is 0 Å². The summed E-state index contributed by atoms with van der Waals surface area (Å²) in [6, 6.07) is 0. The first-order valence-electron chi connectivity index (χ1n) is 3.80. The lowest BCUT2D eigenvalue weighted by molar-refractivity contribution is 0.807. The molecule has 0 spiro atoms. The van der Waals surface area contributed by atoms with Crippen LogP contribution in [0.3, 0.4) is 0 Å². The predicted octanol–water partition coefficient (Wildman–Crippen LogP) is 2.90. The zero-order valence-electron chi connectivity index (χ0n) is 7.21. The average Bonchev–Trinajstić information content (AvgIpc) is 2.03. The second-order valence-electron chi connectivity index (χ2n) is 2.82. The van der Waals surface area contributed by atoms with Gasteiger partial charge in [0, 0.05) is 0 Å². The number of nitrogens with zero attached hydrogens (tertiary/aromatic N) is 2. The van der Waals surface area contributed by atoms with Gasteiger partial charge in [-0.3, -0.25) is 4.98 Å². The summed E-state index contributed by atoms with van der Waals surface area (Å²) < 4.78 is 0. The number of rotatable bonds is 2. The largest absolute Gasteiger partial charge is 0.256 e. The summed E-state index contributed by atoms with van der Waals surface area (Å²) in [5, 5.41) is 0.411. The minimum atomic E-state index is 0.350. The number of hydrogen-bond donors (Lipinski definition) is 0. The fourth-order valence-corrected chi connectivity index (χ4v) is 1.13. The number of halogens is 1. The Labute approximate surface area is 77.3 Å². The first-order chi connectivity index (χ1) is 5.65. The highest BCUT2D eigenvalue weighted by Crippen LogP contribution is 2.17. The Balaban J connectivity index is 3.20. The fraction of sp³-hybridized carbons (Fsp3) is 0.333. The van der Waals surface area contributed by atoms with Gasteiger partial charge in [-0.25, -0.2) is 4.98 Å². The van der Waals surface area contributed by atoms with Crippen molar-refractivity contribution in [2.45, 2.75) is 19.8 Å². The van der Waals surface area contributed by atoms with E-state index in [-0.39, 0.29) is 0 Å². The van der Waals surface area contributed by atoms with Crippen LogP contribution in [0.15, 0.2) is 12.8 Å². The van der Waals surface area contributed by atoms with Gasteiger partial charge in [0.15, 0.2) is 0 Å². The molecule has 0 aromatic carbocycles. The van der Waals surface area contributed by atoms with Crippen molar-refractivity contribution >= 4 is 17.7 Å². The molecule has 0 bridgehead atoms. The smallest absolute Gasteiger partial charge is 0.148 e. The molecule has 0 aliphatic heterocycles. The van der Waals surface area contributed by atoms with E-state index in [0.29, 0.717) is 11.1 Å². The molecule has 0 radical (unpaired) electrons. The molecule has 0 aliphatic carbocycles. The summed E-state index contributed by atoms with van der Waals surface area (Å²) >= 11 is 5.68. The topological polar surface area (TPSA) is 25.8 Å². The molecule has 0 saturated heterocycles. The van der Waals surface area contributed by atoms with Gasteiger partial charge in [-0.15, -0.1) is 0 Å². The van der Waals surface area contributed by atoms with Crippen LogP contribution in [0.4, 0.5) is 0 Å². The Morgan fingerprint density at radius 1 is 1.58 bits per heavy atom. The van der Waals surface area contributed by atoms with Crippen molar-refractivity contribution in [2.75, 3.05) is 0 Å². The maximum atomic E-state index is 5.68. The van der Waals surface area contributed by atoms with E-state index >= 15 is 0 Å². The van der Waals surface area contributed by atoms with Crippen LogP contribution in [0.25, 0.3) is 6.08 Å². The third kappa shape index (κ3) is 1.83. The summed E-state index contributed by atoms with van der Waals surface area (Å²) in [6.45, 7) is 7.77. The van der Waals surface area contributed by atoms with Crippen molar-refractivity contribution in [1.82, 2.24) is 9.97 Å². The molecule has 0 unspecified atom stereocenters. The Hall–Kier alpha value is -0.890. The summed E-state index contributed by atoms with van der Waals surface area (Å²) in [7, 11) is 0. The Morgan fingerprint density at radius 3 is 2.75 bits per heavy atom. The van der Waals surface area contributed by atoms with Gasteiger partial charge >= 0.3 is 0 Å². The molecule has 0 aliphatic rings. The van der Waals surface area contributed by atoms with E-state index in [4.69, 9.17) is 11.6 Å². The van der Waals surface area contributed by atoms with Crippen molar-refractivity contribution in [1.29, 1.82) is 0 Å². The van der Waals surface area contributed by atoms with Crippen LogP contribution in [-0.4, -0.2) is 9.97 Å². The van der Waals surface area contributed by atoms with E-state index in [1.807, 2.05) is 0 Å². The molecule has 3 heteroatoms. The molecule has 64 valence electrons. The summed E-state index contributed by atoms with van der Waals surface area (Å²) in [4.78, 5) is 8.28. The van der Waals surface area contributed by atoms with E-state index in [0.717, 1.165) is 11.4 Å². The van der Waals surface area contributed by atoms with E-state index < -0.39 is 0 Å². The van der Waals surface area contributed by atoms with Crippen LogP contribution < -0.4 is 0 Å². The highest BCUT2D eigenvalue weighted by Gasteiger charge is 2.06. The van der Waals surface area contributed by atoms with Crippen molar-refractivity contribution in [3.63, 3.8) is 0 Å². The molecule has 1 aromatic rings. The molecular formula is C9H11ClN2. The predicted molar refractivity (Wildman–Crippen MR) is 51.2 cm³/mol. The van der Waals surface area contributed by atoms with E-state index in [1.54, 1.807) is 12.3 Å². The molecule has 0 atom stereocenters. The van der Waals surface area contributed by atoms with Crippen LogP contribution in [0.5, 0.6) is 0 Å². The standard InChI is InChI=1S/C9H11ClN2/c1-4-7-9(6(2)3)11-5-8(10)12-7/h4-6H,1H2,2-3H3. The SMILES string of the molecule is C=Cc1nc(Cl)cnc1C(C)C. The summed E-state index contributed by atoms with van der Waals surface area (Å²) in [5.74, 6) is 0.350. The number of aromatic nitrogens is 2. The fourth-order valence-electron chi connectivity index (χ4n) is 0.985. The third-order valence-electron chi connectivity index (χ3n) is 1.54. The first-order valence-corrected chi connectivity index (χ1v) is 4.17. The maximum Gasteiger partial charge on any atom is 0.148 e. The van der Waals surface area contributed by atoms with Crippen LogP contribution >= 0.6 is 11.6 Å². The van der Waals surface area contributed by atoms with Crippen LogP contribution in [0.1, 0.15) is 31.2 Å². The van der Waals surface area contributed by atoms with Crippen LogP contribution in [0.2, 0.25) is 5.15 Å². The number of hydrogen-bond acceptors (Lipinski definition) is 2. The molecule has 0 saturated carbocycles. The van der Waals surface area contributed by atoms with Crippen molar-refractivity contribution < 1.29 is 0 Å². The lowest BCUT2D eigenvalue weighted by atomic mass is 10.1. The minimum Gasteiger partial charge on any atom is -0.256 e. The van der Waals surface area contributed by atoms with Crippen molar-refractivity contribution in [3.05, 3.63) is 29.3 Å². The van der Waals surface area contributed by atoms with Gasteiger partial charge in [-0.2, -0.15) is 0 Å². The highest BCUT2D eigenvalue weighted by atomic mass is 35.5. The van der Waals surface area contributed by atoms with Crippen molar-refractivity contribution in [2.24, 2.45) is 0 Å². The van der Waals surface area contributed by atoms with Gasteiger partial charge in [-0.05, 0) is 12.0 Å². The van der Waals surface area contributed by atoms with E-state index in [2.05, 4.69) is 30.4 Å². The molecular weight excluding hydrogens is 172 g/mol. The highest BCUT2D eigenvalue weighted by molar-refractivity contribution is 6.29. The quantitative estimate of drug-likeness (QED) is 0.703. The second-order valence-corrected chi connectivity index (χ2v) is 3.21. The molecule has 0 fully saturated rings. The normalized spacial score (nSPS) is 10.3. The zero-order valence-corrected chi connectivity index (χ0v) is 7.97. The van der Waals surface area contributed by atoms with Gasteiger partial charge in [0.2, 0.25) is 0 Å². The molecule has 2 nitrogen and oxygen atoms in total. The zero-order chi connectivity index (χ0) is 9.14. The average molecular weight is 183 g/mol. The summed E-state index contributed by atoms with van der Waals surface area (Å²) in [5.41, 5.74) is 1.71. The monoisotopic (exact) mass is 182 g/mol. The van der Waals surface area contributed by atoms with Gasteiger partial charge in [-0.1, -0.05) is 32.0 Å². The second kappa shape index (κ2) is 3.68. The van der Waals surface area contributed by atoms with Gasteiger partial charge in [0.05, 0.1) is 17.6 Å². The summed E-state index contributed by atoms with van der Waals surface area (Å²) in [6.07, 6.45) is 3.23. The lowest BCUT2D eigenvalue weighted by Gasteiger charge is -2.06. The van der Waals surface area contributed by atoms with Crippen molar-refractivity contribution in [3.8, 4) is 0 Å². The van der Waals surface area contributed by atoms with Gasteiger partial charge in [0.1, 0.15) is 5.15 Å². The minimum absolute atomic E-state index is 0.350. The molecule has 1 rings (SSSR count). The first kappa shape index (κ1) is 9.20. The van der Waals surface area contributed by atoms with Gasteiger partial charge in [0.25, 0.3) is 0 Å². The Morgan fingerprint density at radius 2 is 2.25 bits per heavy atom. The molecule has 0 amide bonds. The molecule has 1 heterocycles. The molecule has 12 heavy (non-hydrogen) atoms. The Bertz CT molecular complexity index is 295. The van der Waals surface area contributed by atoms with E-state index in [9.17, 15) is 0 Å². The van der Waals surface area contributed by atoms with Gasteiger partial charge < -0.3 is 0 Å². The third-order valence-corrected chi connectivity index (χ3v) is 1.72. The van der Waals surface area contributed by atoms with Crippen LogP contribution in [0, 0.1) is 0 Å². The molecule has 0 N–H and O–H groups in total. The Kier molecular flexibility index (Phi) is 2.82. The molecule has 1 aromatic heterocycles.